The van der Waals surface area contributed by atoms with Crippen LogP contribution in [-0.4, -0.2) is 4.98 Å². The molecular formula is C18H15N. The average molecular weight is 245 g/mol. The van der Waals surface area contributed by atoms with Gasteiger partial charge in [-0.3, -0.25) is 4.98 Å². The standard InChI is InChI=1S/C18H15N/c1-14-5-7-15(8-6-14)16-9-11-17(12-10-16)18-4-2-3-13-19-18/h2-13H,1H3. The van der Waals surface area contributed by atoms with Crippen LogP contribution in [0.1, 0.15) is 5.56 Å². The SMILES string of the molecule is Cc1ccc(-c2ccc(-c3ccccn3)cc2)cc1. The molecule has 0 N–H and O–H groups in total. The summed E-state index contributed by atoms with van der Waals surface area (Å²) >= 11 is 0. The number of rotatable bonds is 2. The van der Waals surface area contributed by atoms with E-state index in [9.17, 15) is 0 Å². The molecule has 0 saturated carbocycles. The van der Waals surface area contributed by atoms with Gasteiger partial charge in [0.25, 0.3) is 0 Å². The summed E-state index contributed by atoms with van der Waals surface area (Å²) in [7, 11) is 0. The highest BCUT2D eigenvalue weighted by Gasteiger charge is 2.00. The van der Waals surface area contributed by atoms with E-state index < -0.39 is 0 Å². The van der Waals surface area contributed by atoms with E-state index in [0.29, 0.717) is 0 Å². The third kappa shape index (κ3) is 2.55. The lowest BCUT2D eigenvalue weighted by Gasteiger charge is -2.04. The van der Waals surface area contributed by atoms with Crippen molar-refractivity contribution < 1.29 is 0 Å². The van der Waals surface area contributed by atoms with E-state index in [1.54, 1.807) is 0 Å². The summed E-state index contributed by atoms with van der Waals surface area (Å²) in [6.45, 7) is 2.11. The summed E-state index contributed by atoms with van der Waals surface area (Å²) < 4.78 is 0. The summed E-state index contributed by atoms with van der Waals surface area (Å²) in [5, 5.41) is 0. The third-order valence-electron chi connectivity index (χ3n) is 3.23. The highest BCUT2D eigenvalue weighted by atomic mass is 14.7. The van der Waals surface area contributed by atoms with E-state index in [0.717, 1.165) is 11.3 Å². The van der Waals surface area contributed by atoms with Crippen LogP contribution >= 0.6 is 0 Å². The van der Waals surface area contributed by atoms with Gasteiger partial charge >= 0.3 is 0 Å². The summed E-state index contributed by atoms with van der Waals surface area (Å²) in [4.78, 5) is 4.36. The zero-order chi connectivity index (χ0) is 13.1. The predicted molar refractivity (Wildman–Crippen MR) is 79.8 cm³/mol. The normalized spacial score (nSPS) is 10.4. The number of hydrogen-bond donors (Lipinski definition) is 0. The van der Waals surface area contributed by atoms with Crippen molar-refractivity contribution in [1.29, 1.82) is 0 Å². The van der Waals surface area contributed by atoms with Crippen molar-refractivity contribution in [3.8, 4) is 22.4 Å². The predicted octanol–water partition coefficient (Wildman–Crippen LogP) is 4.72. The highest BCUT2D eigenvalue weighted by molar-refractivity contribution is 5.68. The van der Waals surface area contributed by atoms with E-state index >= 15 is 0 Å². The van der Waals surface area contributed by atoms with Gasteiger partial charge in [-0.1, -0.05) is 60.2 Å². The van der Waals surface area contributed by atoms with E-state index in [4.69, 9.17) is 0 Å². The van der Waals surface area contributed by atoms with Crippen LogP contribution in [0.3, 0.4) is 0 Å². The number of benzene rings is 2. The van der Waals surface area contributed by atoms with Gasteiger partial charge in [-0.25, -0.2) is 0 Å². The number of pyridine rings is 1. The molecule has 0 unspecified atom stereocenters. The maximum Gasteiger partial charge on any atom is 0.0701 e. The molecule has 1 heterocycles. The lowest BCUT2D eigenvalue weighted by Crippen LogP contribution is -1.83. The Morgan fingerprint density at radius 3 is 1.79 bits per heavy atom. The number of aryl methyl sites for hydroxylation is 1. The van der Waals surface area contributed by atoms with Gasteiger partial charge in [-0.05, 0) is 30.2 Å². The largest absolute Gasteiger partial charge is 0.256 e. The molecule has 92 valence electrons. The summed E-state index contributed by atoms with van der Waals surface area (Å²) in [6.07, 6.45) is 1.82. The minimum atomic E-state index is 1.01. The van der Waals surface area contributed by atoms with Gasteiger partial charge in [0, 0.05) is 11.8 Å². The fourth-order valence-corrected chi connectivity index (χ4v) is 2.11. The van der Waals surface area contributed by atoms with Crippen LogP contribution in [0.5, 0.6) is 0 Å². The molecule has 0 fully saturated rings. The van der Waals surface area contributed by atoms with Crippen LogP contribution in [0, 0.1) is 6.92 Å². The van der Waals surface area contributed by atoms with Gasteiger partial charge < -0.3 is 0 Å². The fourth-order valence-electron chi connectivity index (χ4n) is 2.11. The first kappa shape index (κ1) is 11.7. The maximum absolute atomic E-state index is 4.36. The van der Waals surface area contributed by atoms with Crippen molar-refractivity contribution in [2.24, 2.45) is 0 Å². The van der Waals surface area contributed by atoms with E-state index in [2.05, 4.69) is 60.4 Å². The highest BCUT2D eigenvalue weighted by Crippen LogP contribution is 2.23. The lowest BCUT2D eigenvalue weighted by molar-refractivity contribution is 1.33. The molecule has 0 radical (unpaired) electrons. The molecule has 2 aromatic carbocycles. The Kier molecular flexibility index (Phi) is 3.11. The molecule has 19 heavy (non-hydrogen) atoms. The van der Waals surface area contributed by atoms with Crippen LogP contribution in [0.4, 0.5) is 0 Å². The van der Waals surface area contributed by atoms with E-state index in [1.807, 2.05) is 24.4 Å². The van der Waals surface area contributed by atoms with Crippen LogP contribution in [-0.2, 0) is 0 Å². The maximum atomic E-state index is 4.36. The summed E-state index contributed by atoms with van der Waals surface area (Å²) in [6, 6.07) is 23.1. The Hall–Kier alpha value is -2.41. The fraction of sp³-hybridized carbons (Fsp3) is 0.0556. The second-order valence-electron chi connectivity index (χ2n) is 4.66. The molecular weight excluding hydrogens is 230 g/mol. The molecule has 0 aliphatic heterocycles. The molecule has 0 atom stereocenters. The quantitative estimate of drug-likeness (QED) is 0.636. The van der Waals surface area contributed by atoms with Crippen molar-refractivity contribution in [3.63, 3.8) is 0 Å². The Labute approximate surface area is 113 Å². The third-order valence-corrected chi connectivity index (χ3v) is 3.23. The minimum Gasteiger partial charge on any atom is -0.256 e. The molecule has 0 bridgehead atoms. The second-order valence-corrected chi connectivity index (χ2v) is 4.66. The first-order chi connectivity index (χ1) is 9.33. The summed E-state index contributed by atoms with van der Waals surface area (Å²) in [5.41, 5.74) is 5.93. The van der Waals surface area contributed by atoms with Crippen molar-refractivity contribution >= 4 is 0 Å². The van der Waals surface area contributed by atoms with Gasteiger partial charge in [-0.2, -0.15) is 0 Å². The first-order valence-corrected chi connectivity index (χ1v) is 6.41. The van der Waals surface area contributed by atoms with Crippen LogP contribution in [0.15, 0.2) is 72.9 Å². The Morgan fingerprint density at radius 2 is 1.21 bits per heavy atom. The molecule has 0 aliphatic rings. The topological polar surface area (TPSA) is 12.9 Å². The zero-order valence-electron chi connectivity index (χ0n) is 10.9. The zero-order valence-corrected chi connectivity index (χ0v) is 10.9. The molecule has 1 aromatic heterocycles. The molecule has 0 amide bonds. The van der Waals surface area contributed by atoms with Gasteiger partial charge in [-0.15, -0.1) is 0 Å². The Balaban J connectivity index is 1.93. The number of aromatic nitrogens is 1. The minimum absolute atomic E-state index is 1.01. The van der Waals surface area contributed by atoms with Crippen molar-refractivity contribution in [3.05, 3.63) is 78.5 Å². The lowest BCUT2D eigenvalue weighted by atomic mass is 10.0. The average Bonchev–Trinajstić information content (AvgIpc) is 2.49. The van der Waals surface area contributed by atoms with Gasteiger partial charge in [0.1, 0.15) is 0 Å². The molecule has 0 aliphatic carbocycles. The first-order valence-electron chi connectivity index (χ1n) is 6.41. The van der Waals surface area contributed by atoms with Gasteiger partial charge in [0.2, 0.25) is 0 Å². The summed E-state index contributed by atoms with van der Waals surface area (Å²) in [5.74, 6) is 0. The molecule has 1 heteroatoms. The van der Waals surface area contributed by atoms with Gasteiger partial charge in [0.15, 0.2) is 0 Å². The second kappa shape index (κ2) is 5.07. The van der Waals surface area contributed by atoms with Crippen LogP contribution in [0.2, 0.25) is 0 Å². The number of hydrogen-bond acceptors (Lipinski definition) is 1. The molecule has 1 nitrogen and oxygen atoms in total. The molecule has 3 rings (SSSR count). The smallest absolute Gasteiger partial charge is 0.0701 e. The number of nitrogens with zero attached hydrogens (tertiary/aromatic N) is 1. The van der Waals surface area contributed by atoms with E-state index in [1.165, 1.54) is 16.7 Å². The molecule has 0 spiro atoms. The van der Waals surface area contributed by atoms with Crippen molar-refractivity contribution in [1.82, 2.24) is 4.98 Å². The Bertz CT molecular complexity index is 652. The van der Waals surface area contributed by atoms with Crippen LogP contribution in [0.25, 0.3) is 22.4 Å². The van der Waals surface area contributed by atoms with E-state index in [-0.39, 0.29) is 0 Å². The monoisotopic (exact) mass is 245 g/mol. The van der Waals surface area contributed by atoms with Gasteiger partial charge in [0.05, 0.1) is 5.69 Å². The van der Waals surface area contributed by atoms with Crippen molar-refractivity contribution in [2.45, 2.75) is 6.92 Å². The van der Waals surface area contributed by atoms with Crippen molar-refractivity contribution in [2.75, 3.05) is 0 Å². The van der Waals surface area contributed by atoms with Crippen LogP contribution < -0.4 is 0 Å². The molecule has 0 saturated heterocycles. The Morgan fingerprint density at radius 1 is 0.632 bits per heavy atom. The molecule has 3 aromatic rings.